The zero-order chi connectivity index (χ0) is 14.5. The molecule has 0 unspecified atom stereocenters. The molecular formula is C15H16N2O3. The minimum Gasteiger partial charge on any atom is -0.480 e. The Bertz CT molecular complexity index is 635. The lowest BCUT2D eigenvalue weighted by Gasteiger charge is -2.22. The third-order valence-electron chi connectivity index (χ3n) is 3.01. The van der Waals surface area contributed by atoms with Crippen LogP contribution in [0.1, 0.15) is 6.92 Å². The second-order valence-electron chi connectivity index (χ2n) is 4.29. The van der Waals surface area contributed by atoms with E-state index in [9.17, 15) is 9.59 Å². The van der Waals surface area contributed by atoms with Gasteiger partial charge in [-0.25, -0.2) is 4.79 Å². The van der Waals surface area contributed by atoms with Gasteiger partial charge in [-0.3, -0.25) is 9.69 Å². The largest absolute Gasteiger partial charge is 0.480 e. The summed E-state index contributed by atoms with van der Waals surface area (Å²) < 4.78 is 0. The van der Waals surface area contributed by atoms with E-state index < -0.39 is 12.0 Å². The first-order chi connectivity index (χ1) is 9.63. The number of nitrogens with zero attached hydrogens (tertiary/aromatic N) is 1. The van der Waals surface area contributed by atoms with Crippen LogP contribution in [0.2, 0.25) is 0 Å². The van der Waals surface area contributed by atoms with Crippen molar-refractivity contribution in [3.63, 3.8) is 0 Å². The Hall–Kier alpha value is -2.56. The van der Waals surface area contributed by atoms with Crippen LogP contribution in [0, 0.1) is 0 Å². The van der Waals surface area contributed by atoms with Crippen LogP contribution in [0.3, 0.4) is 0 Å². The smallest absolute Gasteiger partial charge is 0.323 e. The second kappa shape index (κ2) is 6.06. The van der Waals surface area contributed by atoms with Crippen LogP contribution in [0.5, 0.6) is 0 Å². The number of carbonyl (C=O) groups is 2. The lowest BCUT2D eigenvalue weighted by molar-refractivity contribution is -0.135. The Balaban J connectivity index is 2.34. The summed E-state index contributed by atoms with van der Waals surface area (Å²) >= 11 is 0. The fourth-order valence-corrected chi connectivity index (χ4v) is 2.11. The van der Waals surface area contributed by atoms with Gasteiger partial charge in [0.15, 0.2) is 0 Å². The van der Waals surface area contributed by atoms with Gasteiger partial charge in [-0.2, -0.15) is 0 Å². The van der Waals surface area contributed by atoms with Crippen molar-refractivity contribution in [2.75, 3.05) is 18.0 Å². The summed E-state index contributed by atoms with van der Waals surface area (Å²) in [6.07, 6.45) is 0. The molecule has 2 amide bonds. The molecule has 2 aromatic carbocycles. The zero-order valence-electron chi connectivity index (χ0n) is 11.2. The third-order valence-corrected chi connectivity index (χ3v) is 3.01. The highest BCUT2D eigenvalue weighted by molar-refractivity contribution is 6.03. The van der Waals surface area contributed by atoms with Crippen LogP contribution in [-0.2, 0) is 4.79 Å². The van der Waals surface area contributed by atoms with Gasteiger partial charge in [0, 0.05) is 11.9 Å². The molecule has 2 rings (SSSR count). The first kappa shape index (κ1) is 13.9. The summed E-state index contributed by atoms with van der Waals surface area (Å²) in [4.78, 5) is 24.1. The fraction of sp³-hybridized carbons (Fsp3) is 0.200. The first-order valence-electron chi connectivity index (χ1n) is 6.38. The van der Waals surface area contributed by atoms with Crippen LogP contribution in [-0.4, -0.2) is 30.2 Å². The Labute approximate surface area is 116 Å². The van der Waals surface area contributed by atoms with Gasteiger partial charge in [-0.05, 0) is 18.4 Å². The van der Waals surface area contributed by atoms with Gasteiger partial charge >= 0.3 is 12.0 Å². The maximum absolute atomic E-state index is 12.1. The molecule has 104 valence electrons. The lowest BCUT2D eigenvalue weighted by atomic mass is 10.1. The standard InChI is InChI=1S/C15H16N2O3/c1-2-17(15(20)16-10-14(18)19)13-9-5-7-11-6-3-4-8-12(11)13/h3-9H,2,10H2,1H3,(H,16,20)(H,18,19). The van der Waals surface area contributed by atoms with Crippen molar-refractivity contribution in [3.05, 3.63) is 42.5 Å². The van der Waals surface area contributed by atoms with Crippen LogP contribution in [0.25, 0.3) is 10.8 Å². The third kappa shape index (κ3) is 2.88. The van der Waals surface area contributed by atoms with Crippen molar-refractivity contribution in [2.24, 2.45) is 0 Å². The quantitative estimate of drug-likeness (QED) is 0.898. The normalized spacial score (nSPS) is 10.2. The maximum Gasteiger partial charge on any atom is 0.323 e. The van der Waals surface area contributed by atoms with E-state index >= 15 is 0 Å². The molecule has 2 aromatic rings. The molecule has 2 N–H and O–H groups in total. The molecule has 0 saturated heterocycles. The molecular weight excluding hydrogens is 256 g/mol. The molecule has 0 bridgehead atoms. The molecule has 0 atom stereocenters. The number of nitrogens with one attached hydrogen (secondary N) is 1. The van der Waals surface area contributed by atoms with Crippen molar-refractivity contribution < 1.29 is 14.7 Å². The summed E-state index contributed by atoms with van der Waals surface area (Å²) in [7, 11) is 0. The lowest BCUT2D eigenvalue weighted by Crippen LogP contribution is -2.42. The van der Waals surface area contributed by atoms with E-state index in [4.69, 9.17) is 5.11 Å². The van der Waals surface area contributed by atoms with Crippen molar-refractivity contribution >= 4 is 28.5 Å². The predicted octanol–water partition coefficient (Wildman–Crippen LogP) is 2.46. The molecule has 5 heteroatoms. The molecule has 0 saturated carbocycles. The van der Waals surface area contributed by atoms with Crippen LogP contribution >= 0.6 is 0 Å². The number of amides is 2. The SMILES string of the molecule is CCN(C(=O)NCC(=O)O)c1cccc2ccccc12. The number of aliphatic carboxylic acids is 1. The zero-order valence-corrected chi connectivity index (χ0v) is 11.2. The molecule has 0 spiro atoms. The Morgan fingerprint density at radius 3 is 2.55 bits per heavy atom. The molecule has 0 aromatic heterocycles. The number of benzene rings is 2. The van der Waals surface area contributed by atoms with E-state index in [1.807, 2.05) is 49.4 Å². The number of anilines is 1. The average molecular weight is 272 g/mol. The monoisotopic (exact) mass is 272 g/mol. The molecule has 0 aliphatic carbocycles. The Kier molecular flexibility index (Phi) is 4.20. The molecule has 0 aliphatic heterocycles. The van der Waals surface area contributed by atoms with Gasteiger partial charge in [0.05, 0.1) is 5.69 Å². The molecule has 0 fully saturated rings. The topological polar surface area (TPSA) is 69.6 Å². The average Bonchev–Trinajstić information content (AvgIpc) is 2.46. The van der Waals surface area contributed by atoms with E-state index in [0.717, 1.165) is 16.5 Å². The Morgan fingerprint density at radius 2 is 1.85 bits per heavy atom. The first-order valence-corrected chi connectivity index (χ1v) is 6.38. The van der Waals surface area contributed by atoms with Crippen LogP contribution in [0.4, 0.5) is 10.5 Å². The van der Waals surface area contributed by atoms with E-state index in [0.29, 0.717) is 6.54 Å². The van der Waals surface area contributed by atoms with E-state index in [1.165, 1.54) is 4.90 Å². The molecule has 0 radical (unpaired) electrons. The van der Waals surface area contributed by atoms with Gasteiger partial charge in [0.25, 0.3) is 0 Å². The van der Waals surface area contributed by atoms with Gasteiger partial charge < -0.3 is 10.4 Å². The predicted molar refractivity (Wildman–Crippen MR) is 78.0 cm³/mol. The molecule has 0 heterocycles. The number of fused-ring (bicyclic) bond motifs is 1. The molecule has 20 heavy (non-hydrogen) atoms. The van der Waals surface area contributed by atoms with Crippen molar-refractivity contribution in [1.29, 1.82) is 0 Å². The van der Waals surface area contributed by atoms with E-state index in [2.05, 4.69) is 5.32 Å². The minimum atomic E-state index is -1.06. The number of hydrogen-bond acceptors (Lipinski definition) is 2. The number of rotatable bonds is 4. The van der Waals surface area contributed by atoms with Gasteiger partial charge in [0.1, 0.15) is 6.54 Å². The van der Waals surface area contributed by atoms with Gasteiger partial charge in [0.2, 0.25) is 0 Å². The van der Waals surface area contributed by atoms with Crippen molar-refractivity contribution in [3.8, 4) is 0 Å². The highest BCUT2D eigenvalue weighted by Crippen LogP contribution is 2.26. The summed E-state index contributed by atoms with van der Waals surface area (Å²) in [5.41, 5.74) is 0.772. The summed E-state index contributed by atoms with van der Waals surface area (Å²) in [6, 6.07) is 13.1. The highest BCUT2D eigenvalue weighted by Gasteiger charge is 2.16. The number of hydrogen-bond donors (Lipinski definition) is 2. The summed E-state index contributed by atoms with van der Waals surface area (Å²) in [6.45, 7) is 1.92. The van der Waals surface area contributed by atoms with Gasteiger partial charge in [-0.1, -0.05) is 36.4 Å². The number of carboxylic acid groups (broad SMARTS) is 1. The van der Waals surface area contributed by atoms with E-state index in [1.54, 1.807) is 0 Å². The molecule has 5 nitrogen and oxygen atoms in total. The number of urea groups is 1. The van der Waals surface area contributed by atoms with Crippen LogP contribution < -0.4 is 10.2 Å². The minimum absolute atomic E-state index is 0.389. The maximum atomic E-state index is 12.1. The summed E-state index contributed by atoms with van der Waals surface area (Å²) in [5.74, 6) is -1.06. The van der Waals surface area contributed by atoms with Gasteiger partial charge in [-0.15, -0.1) is 0 Å². The number of carbonyl (C=O) groups excluding carboxylic acids is 1. The Morgan fingerprint density at radius 1 is 1.15 bits per heavy atom. The second-order valence-corrected chi connectivity index (χ2v) is 4.29. The highest BCUT2D eigenvalue weighted by atomic mass is 16.4. The van der Waals surface area contributed by atoms with E-state index in [-0.39, 0.29) is 6.54 Å². The fourth-order valence-electron chi connectivity index (χ4n) is 2.11. The number of carboxylic acids is 1. The molecule has 0 aliphatic rings. The summed E-state index contributed by atoms with van der Waals surface area (Å²) in [5, 5.41) is 13.0. The van der Waals surface area contributed by atoms with Crippen LogP contribution in [0.15, 0.2) is 42.5 Å². The van der Waals surface area contributed by atoms with Crippen molar-refractivity contribution in [2.45, 2.75) is 6.92 Å². The van der Waals surface area contributed by atoms with Crippen molar-refractivity contribution in [1.82, 2.24) is 5.32 Å².